The van der Waals surface area contributed by atoms with E-state index in [1.54, 1.807) is 76.4 Å². The summed E-state index contributed by atoms with van der Waals surface area (Å²) in [4.78, 5) is 44.4. The van der Waals surface area contributed by atoms with Crippen LogP contribution in [0.5, 0.6) is 5.75 Å². The number of ether oxygens (including phenoxy) is 2. The number of benzene rings is 3. The summed E-state index contributed by atoms with van der Waals surface area (Å²) in [5, 5.41) is 7.74. The molecule has 9 nitrogen and oxygen atoms in total. The molecule has 0 bridgehead atoms. The van der Waals surface area contributed by atoms with Gasteiger partial charge in [0, 0.05) is 27.9 Å². The Morgan fingerprint density at radius 3 is 2.17 bits per heavy atom. The largest absolute Gasteiger partial charge is 0.497 e. The van der Waals surface area contributed by atoms with E-state index in [0.717, 1.165) is 11.1 Å². The summed E-state index contributed by atoms with van der Waals surface area (Å²) >= 11 is 1.28. The van der Waals surface area contributed by atoms with Gasteiger partial charge in [-0.15, -0.1) is 11.3 Å². The minimum atomic E-state index is -0.607. The third-order valence-corrected chi connectivity index (χ3v) is 6.56. The lowest BCUT2D eigenvalue weighted by atomic mass is 10.1. The quantitative estimate of drug-likeness (QED) is 0.241. The fraction of sp³-hybridized carbons (Fsp3) is 0.226. The zero-order valence-electron chi connectivity index (χ0n) is 23.6. The number of nitrogens with zero attached hydrogens (tertiary/aromatic N) is 2. The third-order valence-electron chi connectivity index (χ3n) is 5.81. The maximum atomic E-state index is 13.4. The van der Waals surface area contributed by atoms with E-state index in [2.05, 4.69) is 15.6 Å². The SMILES string of the molecule is COc1ccc(N(CC(=O)Nc2ccc(-c3csc(NC(=O)OC(C)(C)C)n3)cc2)C(=O)c2ccc(C)cc2)cc1. The molecule has 0 unspecified atom stereocenters. The van der Waals surface area contributed by atoms with E-state index in [4.69, 9.17) is 9.47 Å². The van der Waals surface area contributed by atoms with Crippen LogP contribution in [0.25, 0.3) is 11.3 Å². The average Bonchev–Trinajstić information content (AvgIpc) is 3.39. The standard InChI is InChI=1S/C31H32N4O5S/c1-20-6-8-22(9-7-20)28(37)35(24-14-16-25(39-5)17-15-24)18-27(36)32-23-12-10-21(11-13-23)26-19-41-29(33-26)34-30(38)40-31(2,3)4/h6-17,19H,18H2,1-5H3,(H,32,36)(H,33,34,38). The van der Waals surface area contributed by atoms with E-state index in [1.807, 2.05) is 36.6 Å². The Balaban J connectivity index is 1.44. The first-order valence-corrected chi connectivity index (χ1v) is 13.8. The van der Waals surface area contributed by atoms with E-state index in [1.165, 1.54) is 16.2 Å². The molecule has 2 N–H and O–H groups in total. The number of thiazole rings is 1. The zero-order chi connectivity index (χ0) is 29.6. The molecule has 0 aliphatic heterocycles. The first-order chi connectivity index (χ1) is 19.5. The number of aryl methyl sites for hydroxylation is 1. The van der Waals surface area contributed by atoms with Crippen molar-refractivity contribution in [1.82, 2.24) is 4.98 Å². The molecule has 0 saturated heterocycles. The Morgan fingerprint density at radius 2 is 1.56 bits per heavy atom. The van der Waals surface area contributed by atoms with Crippen molar-refractivity contribution in [3.05, 3.63) is 89.3 Å². The summed E-state index contributed by atoms with van der Waals surface area (Å²) in [5.41, 5.74) is 3.53. The predicted octanol–water partition coefficient (Wildman–Crippen LogP) is 6.76. The molecule has 0 aliphatic carbocycles. The van der Waals surface area contributed by atoms with Gasteiger partial charge in [0.1, 0.15) is 17.9 Å². The molecule has 212 valence electrons. The number of hydrogen-bond donors (Lipinski definition) is 2. The highest BCUT2D eigenvalue weighted by molar-refractivity contribution is 7.14. The number of aromatic nitrogens is 1. The van der Waals surface area contributed by atoms with E-state index in [9.17, 15) is 14.4 Å². The fourth-order valence-corrected chi connectivity index (χ4v) is 4.52. The molecule has 4 rings (SSSR count). The molecule has 1 heterocycles. The van der Waals surface area contributed by atoms with Gasteiger partial charge in [-0.1, -0.05) is 29.8 Å². The first kappa shape index (κ1) is 29.3. The third kappa shape index (κ3) is 8.15. The van der Waals surface area contributed by atoms with Gasteiger partial charge in [-0.25, -0.2) is 9.78 Å². The van der Waals surface area contributed by atoms with Gasteiger partial charge in [0.15, 0.2) is 5.13 Å². The van der Waals surface area contributed by atoms with Crippen molar-refractivity contribution in [2.24, 2.45) is 0 Å². The van der Waals surface area contributed by atoms with Gasteiger partial charge in [-0.2, -0.15) is 0 Å². The normalized spacial score (nSPS) is 11.0. The maximum absolute atomic E-state index is 13.4. The van der Waals surface area contributed by atoms with Crippen LogP contribution in [-0.4, -0.2) is 42.1 Å². The summed E-state index contributed by atoms with van der Waals surface area (Å²) < 4.78 is 10.5. The van der Waals surface area contributed by atoms with Gasteiger partial charge >= 0.3 is 6.09 Å². The molecular formula is C31H32N4O5S. The predicted molar refractivity (Wildman–Crippen MR) is 162 cm³/mol. The molecule has 0 fully saturated rings. The number of anilines is 3. The Labute approximate surface area is 243 Å². The molecule has 0 spiro atoms. The van der Waals surface area contributed by atoms with Crippen molar-refractivity contribution in [2.75, 3.05) is 29.2 Å². The van der Waals surface area contributed by atoms with Gasteiger partial charge in [0.05, 0.1) is 12.8 Å². The van der Waals surface area contributed by atoms with Crippen LogP contribution in [0.1, 0.15) is 36.7 Å². The van der Waals surface area contributed by atoms with Crippen LogP contribution in [0, 0.1) is 6.92 Å². The van der Waals surface area contributed by atoms with Crippen LogP contribution in [0.3, 0.4) is 0 Å². The van der Waals surface area contributed by atoms with E-state index in [-0.39, 0.29) is 18.4 Å². The highest BCUT2D eigenvalue weighted by Crippen LogP contribution is 2.27. The van der Waals surface area contributed by atoms with Crippen LogP contribution in [-0.2, 0) is 9.53 Å². The van der Waals surface area contributed by atoms with Crippen molar-refractivity contribution < 1.29 is 23.9 Å². The molecule has 0 radical (unpaired) electrons. The second-order valence-electron chi connectivity index (χ2n) is 10.2. The van der Waals surface area contributed by atoms with Crippen LogP contribution in [0.2, 0.25) is 0 Å². The first-order valence-electron chi connectivity index (χ1n) is 12.9. The van der Waals surface area contributed by atoms with Gasteiger partial charge in [-0.3, -0.25) is 19.8 Å². The highest BCUT2D eigenvalue weighted by atomic mass is 32.1. The summed E-state index contributed by atoms with van der Waals surface area (Å²) in [6.45, 7) is 7.13. The van der Waals surface area contributed by atoms with Crippen LogP contribution in [0.4, 0.5) is 21.3 Å². The number of nitrogens with one attached hydrogen (secondary N) is 2. The minimum absolute atomic E-state index is 0.188. The van der Waals surface area contributed by atoms with Crippen LogP contribution >= 0.6 is 11.3 Å². The lowest BCUT2D eigenvalue weighted by Gasteiger charge is -2.23. The molecule has 0 atom stereocenters. The molecule has 0 aliphatic rings. The van der Waals surface area contributed by atoms with Crippen LogP contribution in [0.15, 0.2) is 78.2 Å². The Morgan fingerprint density at radius 1 is 0.902 bits per heavy atom. The second kappa shape index (κ2) is 12.6. The fourth-order valence-electron chi connectivity index (χ4n) is 3.82. The van der Waals surface area contributed by atoms with E-state index >= 15 is 0 Å². The molecular weight excluding hydrogens is 540 g/mol. The van der Waals surface area contributed by atoms with Crippen molar-refractivity contribution >= 4 is 45.8 Å². The second-order valence-corrected chi connectivity index (χ2v) is 11.1. The molecule has 10 heteroatoms. The summed E-state index contributed by atoms with van der Waals surface area (Å²) in [5.74, 6) is 0.000377. The summed E-state index contributed by atoms with van der Waals surface area (Å²) in [6.07, 6.45) is -0.569. The minimum Gasteiger partial charge on any atom is -0.497 e. The van der Waals surface area contributed by atoms with Crippen LogP contribution < -0.4 is 20.3 Å². The molecule has 3 aromatic carbocycles. The lowest BCUT2D eigenvalue weighted by molar-refractivity contribution is -0.114. The molecule has 0 saturated carbocycles. The van der Waals surface area contributed by atoms with Crippen molar-refractivity contribution in [2.45, 2.75) is 33.3 Å². The summed E-state index contributed by atoms with van der Waals surface area (Å²) in [6, 6.07) is 21.3. The van der Waals surface area contributed by atoms with E-state index in [0.29, 0.717) is 33.5 Å². The maximum Gasteiger partial charge on any atom is 0.413 e. The van der Waals surface area contributed by atoms with Crippen molar-refractivity contribution in [1.29, 1.82) is 0 Å². The number of carbonyl (C=O) groups excluding carboxylic acids is 3. The molecule has 4 aromatic rings. The van der Waals surface area contributed by atoms with Gasteiger partial charge < -0.3 is 14.8 Å². The number of amides is 3. The topological polar surface area (TPSA) is 110 Å². The Bertz CT molecular complexity index is 1510. The summed E-state index contributed by atoms with van der Waals surface area (Å²) in [7, 11) is 1.57. The number of rotatable bonds is 8. The van der Waals surface area contributed by atoms with Crippen molar-refractivity contribution in [3.63, 3.8) is 0 Å². The van der Waals surface area contributed by atoms with Crippen molar-refractivity contribution in [3.8, 4) is 17.0 Å². The average molecular weight is 573 g/mol. The van der Waals surface area contributed by atoms with Gasteiger partial charge in [0.2, 0.25) is 5.91 Å². The zero-order valence-corrected chi connectivity index (χ0v) is 24.4. The Hall–Kier alpha value is -4.70. The number of hydrogen-bond acceptors (Lipinski definition) is 7. The number of methoxy groups -OCH3 is 1. The van der Waals surface area contributed by atoms with Gasteiger partial charge in [-0.05, 0) is 76.2 Å². The monoisotopic (exact) mass is 572 g/mol. The number of carbonyl (C=O) groups is 3. The lowest BCUT2D eigenvalue weighted by Crippen LogP contribution is -2.38. The molecule has 1 aromatic heterocycles. The van der Waals surface area contributed by atoms with Gasteiger partial charge in [0.25, 0.3) is 5.91 Å². The Kier molecular flexibility index (Phi) is 9.04. The highest BCUT2D eigenvalue weighted by Gasteiger charge is 2.21. The molecule has 41 heavy (non-hydrogen) atoms. The smallest absolute Gasteiger partial charge is 0.413 e. The van der Waals surface area contributed by atoms with E-state index < -0.39 is 11.7 Å². The molecule has 3 amide bonds.